The lowest BCUT2D eigenvalue weighted by molar-refractivity contribution is -0.145. The SMILES string of the molecule is CCC(Oc1ccc(CCCC=NOCc2ccc(C(F)(F)F)cc2)cc1C)C(=O)O. The quantitative estimate of drug-likeness (QED) is 0.275. The van der Waals surface area contributed by atoms with Crippen LogP contribution in [0.25, 0.3) is 0 Å². The molecule has 0 radical (unpaired) electrons. The molecule has 0 aliphatic rings. The van der Waals surface area contributed by atoms with Crippen molar-refractivity contribution in [2.75, 3.05) is 0 Å². The van der Waals surface area contributed by atoms with Gasteiger partial charge in [-0.1, -0.05) is 36.3 Å². The number of nitrogens with zero attached hydrogens (tertiary/aromatic N) is 1. The maximum Gasteiger partial charge on any atom is 0.416 e. The van der Waals surface area contributed by atoms with Gasteiger partial charge in [0.05, 0.1) is 5.56 Å². The summed E-state index contributed by atoms with van der Waals surface area (Å²) >= 11 is 0. The van der Waals surface area contributed by atoms with Crippen LogP contribution in [-0.4, -0.2) is 23.4 Å². The Bertz CT molecular complexity index is 879. The van der Waals surface area contributed by atoms with E-state index in [1.54, 1.807) is 19.2 Å². The number of rotatable bonds is 11. The molecular formula is C23H26F3NO4. The topological polar surface area (TPSA) is 68.1 Å². The Balaban J connectivity index is 1.71. The summed E-state index contributed by atoms with van der Waals surface area (Å²) in [4.78, 5) is 16.2. The van der Waals surface area contributed by atoms with Crippen LogP contribution in [0, 0.1) is 6.92 Å². The predicted octanol–water partition coefficient (Wildman–Crippen LogP) is 5.78. The molecule has 168 valence electrons. The van der Waals surface area contributed by atoms with Crippen molar-refractivity contribution in [3.05, 3.63) is 64.7 Å². The van der Waals surface area contributed by atoms with Crippen molar-refractivity contribution in [3.8, 4) is 5.75 Å². The molecule has 1 atom stereocenters. The number of hydrogen-bond acceptors (Lipinski definition) is 4. The van der Waals surface area contributed by atoms with Crippen molar-refractivity contribution in [1.82, 2.24) is 0 Å². The zero-order chi connectivity index (χ0) is 22.9. The number of aliphatic carboxylic acids is 1. The third kappa shape index (κ3) is 7.96. The van der Waals surface area contributed by atoms with Crippen molar-refractivity contribution in [2.45, 2.75) is 58.4 Å². The van der Waals surface area contributed by atoms with Crippen LogP contribution >= 0.6 is 0 Å². The summed E-state index contributed by atoms with van der Waals surface area (Å²) in [7, 11) is 0. The van der Waals surface area contributed by atoms with Gasteiger partial charge >= 0.3 is 12.1 Å². The molecule has 0 aliphatic heterocycles. The number of carboxylic acid groups (broad SMARTS) is 1. The fourth-order valence-electron chi connectivity index (χ4n) is 2.87. The van der Waals surface area contributed by atoms with Crippen LogP contribution in [0.3, 0.4) is 0 Å². The van der Waals surface area contributed by atoms with Crippen LogP contribution in [0.4, 0.5) is 13.2 Å². The van der Waals surface area contributed by atoms with E-state index in [2.05, 4.69) is 5.16 Å². The van der Waals surface area contributed by atoms with Gasteiger partial charge in [0.2, 0.25) is 0 Å². The second kappa shape index (κ2) is 11.4. The molecule has 0 saturated heterocycles. The number of hydrogen-bond donors (Lipinski definition) is 1. The molecule has 31 heavy (non-hydrogen) atoms. The smallest absolute Gasteiger partial charge is 0.416 e. The zero-order valence-electron chi connectivity index (χ0n) is 17.5. The van der Waals surface area contributed by atoms with Crippen LogP contribution in [0.5, 0.6) is 5.75 Å². The number of alkyl halides is 3. The highest BCUT2D eigenvalue weighted by molar-refractivity contribution is 5.72. The van der Waals surface area contributed by atoms with E-state index < -0.39 is 23.8 Å². The van der Waals surface area contributed by atoms with Gasteiger partial charge in [-0.3, -0.25) is 0 Å². The van der Waals surface area contributed by atoms with Gasteiger partial charge in [-0.2, -0.15) is 13.2 Å². The number of unbranched alkanes of at least 4 members (excludes halogenated alkanes) is 1. The fourth-order valence-corrected chi connectivity index (χ4v) is 2.87. The molecule has 2 aromatic rings. The van der Waals surface area contributed by atoms with E-state index in [-0.39, 0.29) is 6.61 Å². The van der Waals surface area contributed by atoms with Crippen LogP contribution < -0.4 is 4.74 Å². The molecule has 0 heterocycles. The Kier molecular flexibility index (Phi) is 8.90. The van der Waals surface area contributed by atoms with Gasteiger partial charge in [-0.05, 0) is 67.5 Å². The minimum Gasteiger partial charge on any atom is -0.479 e. The molecule has 0 fully saturated rings. The normalized spacial score (nSPS) is 12.7. The predicted molar refractivity (Wildman–Crippen MR) is 111 cm³/mol. The van der Waals surface area contributed by atoms with E-state index >= 15 is 0 Å². The van der Waals surface area contributed by atoms with Gasteiger partial charge in [0.25, 0.3) is 0 Å². The Hall–Kier alpha value is -3.03. The lowest BCUT2D eigenvalue weighted by atomic mass is 10.1. The number of ether oxygens (including phenoxy) is 1. The van der Waals surface area contributed by atoms with E-state index in [0.717, 1.165) is 36.1 Å². The van der Waals surface area contributed by atoms with Gasteiger partial charge in [0.1, 0.15) is 12.4 Å². The van der Waals surface area contributed by atoms with E-state index in [4.69, 9.17) is 14.7 Å². The standard InChI is InChI=1S/C23H26F3NO4/c1-3-20(22(28)29)31-21-12-9-17(14-16(21)2)6-4-5-13-27-30-15-18-7-10-19(11-8-18)23(24,25)26/h7-14,20H,3-6,15H2,1-2H3,(H,28,29). The fraction of sp³-hybridized carbons (Fsp3) is 0.391. The molecule has 0 bridgehead atoms. The third-order valence-electron chi connectivity index (χ3n) is 4.62. The number of carboxylic acids is 1. The first-order chi connectivity index (χ1) is 14.7. The highest BCUT2D eigenvalue weighted by Gasteiger charge is 2.29. The summed E-state index contributed by atoms with van der Waals surface area (Å²) < 4.78 is 43.1. The molecule has 0 saturated carbocycles. The summed E-state index contributed by atoms with van der Waals surface area (Å²) in [6.07, 6.45) is -0.865. The van der Waals surface area contributed by atoms with Gasteiger partial charge < -0.3 is 14.7 Å². The van der Waals surface area contributed by atoms with Crippen molar-refractivity contribution >= 4 is 12.2 Å². The molecule has 8 heteroatoms. The molecule has 0 amide bonds. The molecule has 1 unspecified atom stereocenters. The number of aryl methyl sites for hydroxylation is 2. The van der Waals surface area contributed by atoms with Crippen LogP contribution in [0.2, 0.25) is 0 Å². The molecule has 0 aromatic heterocycles. The molecule has 0 aliphatic carbocycles. The number of carbonyl (C=O) groups is 1. The van der Waals surface area contributed by atoms with Crippen molar-refractivity contribution < 1.29 is 32.6 Å². The van der Waals surface area contributed by atoms with E-state index in [9.17, 15) is 18.0 Å². The van der Waals surface area contributed by atoms with E-state index in [1.165, 1.54) is 12.1 Å². The Labute approximate surface area is 179 Å². The van der Waals surface area contributed by atoms with Gasteiger partial charge in [-0.25, -0.2) is 4.79 Å². The van der Waals surface area contributed by atoms with Gasteiger partial charge in [0.15, 0.2) is 6.10 Å². The van der Waals surface area contributed by atoms with Crippen LogP contribution in [0.15, 0.2) is 47.6 Å². The minimum absolute atomic E-state index is 0.102. The van der Waals surface area contributed by atoms with Crippen molar-refractivity contribution in [1.29, 1.82) is 0 Å². The second-order valence-corrected chi connectivity index (χ2v) is 7.10. The molecular weight excluding hydrogens is 411 g/mol. The third-order valence-corrected chi connectivity index (χ3v) is 4.62. The largest absolute Gasteiger partial charge is 0.479 e. The van der Waals surface area contributed by atoms with Crippen LogP contribution in [0.1, 0.15) is 48.4 Å². The van der Waals surface area contributed by atoms with Gasteiger partial charge in [0, 0.05) is 6.21 Å². The highest BCUT2D eigenvalue weighted by atomic mass is 19.4. The molecule has 2 rings (SSSR count). The Morgan fingerprint density at radius 1 is 1.16 bits per heavy atom. The number of benzene rings is 2. The van der Waals surface area contributed by atoms with E-state index in [0.29, 0.717) is 24.2 Å². The maximum atomic E-state index is 12.5. The zero-order valence-corrected chi connectivity index (χ0v) is 17.5. The molecule has 5 nitrogen and oxygen atoms in total. The Morgan fingerprint density at radius 2 is 1.84 bits per heavy atom. The summed E-state index contributed by atoms with van der Waals surface area (Å²) in [5.41, 5.74) is 1.90. The van der Waals surface area contributed by atoms with E-state index in [1.807, 2.05) is 19.1 Å². The summed E-state index contributed by atoms with van der Waals surface area (Å²) in [5, 5.41) is 12.9. The average Bonchev–Trinajstić information content (AvgIpc) is 2.72. The monoisotopic (exact) mass is 437 g/mol. The summed E-state index contributed by atoms with van der Waals surface area (Å²) in [5.74, 6) is -0.415. The van der Waals surface area contributed by atoms with Crippen LogP contribution in [-0.2, 0) is 28.8 Å². The Morgan fingerprint density at radius 3 is 2.42 bits per heavy atom. The lowest BCUT2D eigenvalue weighted by Crippen LogP contribution is -2.26. The average molecular weight is 437 g/mol. The number of halogens is 3. The first kappa shape index (κ1) is 24.2. The molecule has 1 N–H and O–H groups in total. The molecule has 2 aromatic carbocycles. The summed E-state index contributed by atoms with van der Waals surface area (Å²) in [6, 6.07) is 10.4. The first-order valence-corrected chi connectivity index (χ1v) is 9.99. The maximum absolute atomic E-state index is 12.5. The van der Waals surface area contributed by atoms with Crippen molar-refractivity contribution in [3.63, 3.8) is 0 Å². The highest BCUT2D eigenvalue weighted by Crippen LogP contribution is 2.29. The van der Waals surface area contributed by atoms with Gasteiger partial charge in [-0.15, -0.1) is 0 Å². The summed E-state index contributed by atoms with van der Waals surface area (Å²) in [6.45, 7) is 3.74. The molecule has 0 spiro atoms. The first-order valence-electron chi connectivity index (χ1n) is 9.99. The minimum atomic E-state index is -4.35. The second-order valence-electron chi connectivity index (χ2n) is 7.10. The van der Waals surface area contributed by atoms with Crippen molar-refractivity contribution in [2.24, 2.45) is 5.16 Å². The lowest BCUT2D eigenvalue weighted by Gasteiger charge is -2.15. The number of oxime groups is 1.